The van der Waals surface area contributed by atoms with Crippen LogP contribution < -0.4 is 10.9 Å². The molecule has 1 N–H and O–H groups in total. The van der Waals surface area contributed by atoms with E-state index in [0.717, 1.165) is 12.8 Å². The molecule has 0 atom stereocenters. The lowest BCUT2D eigenvalue weighted by Gasteiger charge is -2.33. The highest BCUT2D eigenvalue weighted by Crippen LogP contribution is 2.30. The number of nitrogens with one attached hydrogen (secondary N) is 1. The lowest BCUT2D eigenvalue weighted by Crippen LogP contribution is -2.42. The SMILES string of the molecule is C=C(C)c1cn(-c2c(Cl)cccc2Cl)c(=O)c2cnc(Nc3cnn(C4CCN(C(=O)OC(C)(C)C)CC4)c3)nc12. The topological polar surface area (TPSA) is 107 Å². The van der Waals surface area contributed by atoms with Gasteiger partial charge in [0.2, 0.25) is 5.95 Å². The number of aromatic nitrogens is 5. The minimum atomic E-state index is -0.522. The van der Waals surface area contributed by atoms with E-state index in [0.29, 0.717) is 62.5 Å². The summed E-state index contributed by atoms with van der Waals surface area (Å²) in [6.07, 6.45) is 7.95. The first-order valence-corrected chi connectivity index (χ1v) is 14.0. The molecule has 1 aromatic carbocycles. The molecule has 1 aliphatic heterocycles. The molecule has 0 aliphatic carbocycles. The van der Waals surface area contributed by atoms with E-state index in [-0.39, 0.29) is 17.7 Å². The van der Waals surface area contributed by atoms with Gasteiger partial charge in [0.05, 0.1) is 44.6 Å². The van der Waals surface area contributed by atoms with Crippen LogP contribution in [0.15, 0.2) is 54.4 Å². The molecule has 4 aromatic rings. The zero-order valence-electron chi connectivity index (χ0n) is 23.3. The highest BCUT2D eigenvalue weighted by Gasteiger charge is 2.28. The summed E-state index contributed by atoms with van der Waals surface area (Å²) >= 11 is 12.8. The summed E-state index contributed by atoms with van der Waals surface area (Å²) in [5.74, 6) is 0.312. The molecule has 0 radical (unpaired) electrons. The summed E-state index contributed by atoms with van der Waals surface area (Å²) in [4.78, 5) is 36.6. The molecule has 0 unspecified atom stereocenters. The van der Waals surface area contributed by atoms with E-state index in [2.05, 4.69) is 27.0 Å². The maximum absolute atomic E-state index is 13.5. The smallest absolute Gasteiger partial charge is 0.410 e. The van der Waals surface area contributed by atoms with E-state index in [9.17, 15) is 9.59 Å². The summed E-state index contributed by atoms with van der Waals surface area (Å²) in [6, 6.07) is 5.21. The Balaban J connectivity index is 1.36. The molecule has 1 aliphatic rings. The second-order valence-corrected chi connectivity index (χ2v) is 11.9. The standard InChI is InChI=1S/C29H31Cl2N7O3/c1-17(2)21-16-37(25-22(30)7-6-8-23(25)31)26(39)20-14-32-27(35-24(20)21)34-18-13-33-38(15-18)19-9-11-36(12-10-19)28(40)41-29(3,4)5/h6-8,13-16,19H,1,9-12H2,2-5H3,(H,32,34,35). The third-order valence-electron chi connectivity index (χ3n) is 6.74. The van der Waals surface area contributed by atoms with Crippen LogP contribution in [-0.4, -0.2) is 54.0 Å². The Morgan fingerprint density at radius 3 is 2.44 bits per heavy atom. The number of carbonyl (C=O) groups is 1. The van der Waals surface area contributed by atoms with Crippen molar-refractivity contribution in [2.45, 2.75) is 52.2 Å². The highest BCUT2D eigenvalue weighted by molar-refractivity contribution is 6.37. The van der Waals surface area contributed by atoms with E-state index < -0.39 is 5.60 Å². The normalized spacial score (nSPS) is 14.3. The fourth-order valence-corrected chi connectivity index (χ4v) is 5.33. The molecule has 1 amide bonds. The van der Waals surface area contributed by atoms with Crippen LogP contribution in [0.5, 0.6) is 0 Å². The van der Waals surface area contributed by atoms with Crippen molar-refractivity contribution < 1.29 is 9.53 Å². The first-order chi connectivity index (χ1) is 19.4. The Hall–Kier alpha value is -3.89. The Kier molecular flexibility index (Phi) is 7.80. The number of rotatable bonds is 5. The zero-order valence-corrected chi connectivity index (χ0v) is 24.8. The summed E-state index contributed by atoms with van der Waals surface area (Å²) in [5.41, 5.74) is 2.05. The van der Waals surface area contributed by atoms with Gasteiger partial charge in [0.15, 0.2) is 0 Å². The number of likely N-dealkylation sites (tertiary alicyclic amines) is 1. The third kappa shape index (κ3) is 6.08. The number of piperidine rings is 1. The van der Waals surface area contributed by atoms with Gasteiger partial charge >= 0.3 is 6.09 Å². The number of hydrogen-bond donors (Lipinski definition) is 1. The molecule has 0 bridgehead atoms. The first-order valence-electron chi connectivity index (χ1n) is 13.2. The van der Waals surface area contributed by atoms with Gasteiger partial charge in [-0.2, -0.15) is 5.10 Å². The molecule has 0 spiro atoms. The van der Waals surface area contributed by atoms with E-state index in [1.54, 1.807) is 35.5 Å². The number of fused-ring (bicyclic) bond motifs is 1. The highest BCUT2D eigenvalue weighted by atomic mass is 35.5. The van der Waals surface area contributed by atoms with Crippen molar-refractivity contribution in [3.05, 3.63) is 75.5 Å². The maximum atomic E-state index is 13.5. The molecular weight excluding hydrogens is 565 g/mol. The number of para-hydroxylation sites is 1. The second-order valence-electron chi connectivity index (χ2n) is 11.1. The van der Waals surface area contributed by atoms with Crippen molar-refractivity contribution in [1.29, 1.82) is 0 Å². The van der Waals surface area contributed by atoms with E-state index in [4.69, 9.17) is 27.9 Å². The summed E-state index contributed by atoms with van der Waals surface area (Å²) < 4.78 is 8.79. The van der Waals surface area contributed by atoms with E-state index >= 15 is 0 Å². The quantitative estimate of drug-likeness (QED) is 0.276. The van der Waals surface area contributed by atoms with Crippen LogP contribution in [0, 0.1) is 0 Å². The fraction of sp³-hybridized carbons (Fsp3) is 0.345. The average Bonchev–Trinajstić information content (AvgIpc) is 3.37. The van der Waals surface area contributed by atoms with E-state index in [1.807, 2.05) is 38.6 Å². The molecule has 214 valence electrons. The van der Waals surface area contributed by atoms with Crippen LogP contribution >= 0.6 is 23.2 Å². The van der Waals surface area contributed by atoms with Crippen LogP contribution in [0.3, 0.4) is 0 Å². The summed E-state index contributed by atoms with van der Waals surface area (Å²) in [5, 5.41) is 8.70. The van der Waals surface area contributed by atoms with Crippen molar-refractivity contribution in [3.8, 4) is 5.69 Å². The molecule has 41 heavy (non-hydrogen) atoms. The number of nitrogens with zero attached hydrogens (tertiary/aromatic N) is 6. The Labute approximate surface area is 247 Å². The van der Waals surface area contributed by atoms with Gasteiger partial charge in [-0.05, 0) is 58.2 Å². The molecule has 10 nitrogen and oxygen atoms in total. The van der Waals surface area contributed by atoms with E-state index in [1.165, 1.54) is 10.8 Å². The summed E-state index contributed by atoms with van der Waals surface area (Å²) in [6.45, 7) is 12.7. The summed E-state index contributed by atoms with van der Waals surface area (Å²) in [7, 11) is 0. The van der Waals surface area contributed by atoms with Gasteiger partial charge in [-0.1, -0.05) is 35.8 Å². The monoisotopic (exact) mass is 595 g/mol. The van der Waals surface area contributed by atoms with Crippen LogP contribution in [0.4, 0.5) is 16.4 Å². The van der Waals surface area contributed by atoms with Gasteiger partial charge in [0.1, 0.15) is 5.60 Å². The Morgan fingerprint density at radius 2 is 1.80 bits per heavy atom. The van der Waals surface area contributed by atoms with Gasteiger partial charge < -0.3 is 15.0 Å². The van der Waals surface area contributed by atoms with Gasteiger partial charge in [-0.15, -0.1) is 0 Å². The zero-order chi connectivity index (χ0) is 29.5. The molecule has 1 saturated heterocycles. The first kappa shape index (κ1) is 28.6. The molecule has 12 heteroatoms. The van der Waals surface area contributed by atoms with Crippen molar-refractivity contribution >= 4 is 57.4 Å². The van der Waals surface area contributed by atoms with Gasteiger partial charge in [0, 0.05) is 37.2 Å². The van der Waals surface area contributed by atoms with Crippen LogP contribution in [0.25, 0.3) is 22.2 Å². The van der Waals surface area contributed by atoms with Gasteiger partial charge in [0.25, 0.3) is 5.56 Å². The second kappa shape index (κ2) is 11.2. The average molecular weight is 597 g/mol. The Bertz CT molecular complexity index is 1680. The molecular formula is C29H31Cl2N7O3. The van der Waals surface area contributed by atoms with Gasteiger partial charge in [-0.3, -0.25) is 14.0 Å². The van der Waals surface area contributed by atoms with Gasteiger partial charge in [-0.25, -0.2) is 14.8 Å². The predicted molar refractivity (Wildman–Crippen MR) is 161 cm³/mol. The lowest BCUT2D eigenvalue weighted by molar-refractivity contribution is 0.0185. The minimum Gasteiger partial charge on any atom is -0.444 e. The molecule has 5 rings (SSSR count). The van der Waals surface area contributed by atoms with Crippen LogP contribution in [-0.2, 0) is 4.74 Å². The number of anilines is 2. The molecule has 0 saturated carbocycles. The van der Waals surface area contributed by atoms with Crippen LogP contribution in [0.1, 0.15) is 52.1 Å². The predicted octanol–water partition coefficient (Wildman–Crippen LogP) is 6.63. The largest absolute Gasteiger partial charge is 0.444 e. The van der Waals surface area contributed by atoms with Crippen molar-refractivity contribution in [2.75, 3.05) is 18.4 Å². The minimum absolute atomic E-state index is 0.145. The number of benzene rings is 1. The number of allylic oxidation sites excluding steroid dienone is 1. The molecule has 3 aromatic heterocycles. The number of ether oxygens (including phenoxy) is 1. The number of pyridine rings is 1. The van der Waals surface area contributed by atoms with Crippen molar-refractivity contribution in [3.63, 3.8) is 0 Å². The fourth-order valence-electron chi connectivity index (χ4n) is 4.75. The van der Waals surface area contributed by atoms with Crippen molar-refractivity contribution in [2.24, 2.45) is 0 Å². The van der Waals surface area contributed by atoms with Crippen molar-refractivity contribution in [1.82, 2.24) is 29.2 Å². The number of halogens is 2. The number of amides is 1. The molecule has 1 fully saturated rings. The maximum Gasteiger partial charge on any atom is 0.410 e. The van der Waals surface area contributed by atoms with Crippen LogP contribution in [0.2, 0.25) is 10.0 Å². The number of hydrogen-bond acceptors (Lipinski definition) is 7. The lowest BCUT2D eigenvalue weighted by atomic mass is 10.1. The Morgan fingerprint density at radius 1 is 1.12 bits per heavy atom. The third-order valence-corrected chi connectivity index (χ3v) is 7.35. The molecule has 4 heterocycles. The number of carbonyl (C=O) groups excluding carboxylic acids is 1.